The quantitative estimate of drug-likeness (QED) is 0.689. The molecule has 0 radical (unpaired) electrons. The molecule has 0 spiro atoms. The van der Waals surface area contributed by atoms with Gasteiger partial charge in [0.2, 0.25) is 5.91 Å². The minimum Gasteiger partial charge on any atom is -0.353 e. The Morgan fingerprint density at radius 3 is 2.64 bits per heavy atom. The lowest BCUT2D eigenvalue weighted by Gasteiger charge is -2.43. The van der Waals surface area contributed by atoms with Gasteiger partial charge in [-0.1, -0.05) is 13.8 Å². The third-order valence-corrected chi connectivity index (χ3v) is 3.38. The van der Waals surface area contributed by atoms with Gasteiger partial charge >= 0.3 is 0 Å². The molecule has 0 aromatic rings. The lowest BCUT2D eigenvalue weighted by atomic mass is 9.68. The third kappa shape index (κ3) is 2.08. The van der Waals surface area contributed by atoms with Gasteiger partial charge in [-0.05, 0) is 31.2 Å². The Morgan fingerprint density at radius 2 is 2.14 bits per heavy atom. The Morgan fingerprint density at radius 1 is 1.43 bits per heavy atom. The molecule has 3 nitrogen and oxygen atoms in total. The summed E-state index contributed by atoms with van der Waals surface area (Å²) in [7, 11) is 0. The number of rotatable bonds is 2. The van der Waals surface area contributed by atoms with Crippen molar-refractivity contribution in [2.45, 2.75) is 39.2 Å². The van der Waals surface area contributed by atoms with E-state index in [4.69, 9.17) is 0 Å². The van der Waals surface area contributed by atoms with E-state index in [2.05, 4.69) is 24.5 Å². The first-order valence-corrected chi connectivity index (χ1v) is 5.58. The van der Waals surface area contributed by atoms with Crippen molar-refractivity contribution in [2.75, 3.05) is 13.1 Å². The van der Waals surface area contributed by atoms with Gasteiger partial charge in [0.1, 0.15) is 0 Å². The average molecular weight is 196 g/mol. The highest BCUT2D eigenvalue weighted by Gasteiger charge is 2.37. The first-order chi connectivity index (χ1) is 6.57. The smallest absolute Gasteiger partial charge is 0.224 e. The monoisotopic (exact) mass is 196 g/mol. The number of amides is 1. The van der Waals surface area contributed by atoms with E-state index < -0.39 is 0 Å². The summed E-state index contributed by atoms with van der Waals surface area (Å²) in [5, 5.41) is 6.35. The molecule has 1 saturated carbocycles. The number of nitrogens with one attached hydrogen (secondary N) is 2. The van der Waals surface area contributed by atoms with Crippen molar-refractivity contribution in [2.24, 2.45) is 11.3 Å². The minimum absolute atomic E-state index is 0.221. The molecule has 2 N–H and O–H groups in total. The van der Waals surface area contributed by atoms with Crippen LogP contribution in [0.4, 0.5) is 0 Å². The molecular weight excluding hydrogens is 176 g/mol. The summed E-state index contributed by atoms with van der Waals surface area (Å²) in [4.78, 5) is 11.7. The molecule has 1 aliphatic carbocycles. The van der Waals surface area contributed by atoms with Gasteiger partial charge in [0.15, 0.2) is 0 Å². The normalized spacial score (nSPS) is 31.1. The first-order valence-electron chi connectivity index (χ1n) is 5.58. The van der Waals surface area contributed by atoms with Crippen molar-refractivity contribution in [3.8, 4) is 0 Å². The van der Waals surface area contributed by atoms with Gasteiger partial charge in [0, 0.05) is 12.6 Å². The number of hydrogen-bond acceptors (Lipinski definition) is 2. The molecule has 14 heavy (non-hydrogen) atoms. The second-order valence-electron chi connectivity index (χ2n) is 5.47. The molecule has 2 fully saturated rings. The molecule has 1 aliphatic heterocycles. The highest BCUT2D eigenvalue weighted by Crippen LogP contribution is 2.39. The van der Waals surface area contributed by atoms with Crippen LogP contribution in [-0.4, -0.2) is 25.0 Å². The summed E-state index contributed by atoms with van der Waals surface area (Å²) in [6.07, 6.45) is 3.28. The topological polar surface area (TPSA) is 41.1 Å². The zero-order chi connectivity index (χ0) is 10.2. The molecule has 2 rings (SSSR count). The van der Waals surface area contributed by atoms with Crippen molar-refractivity contribution in [3.63, 3.8) is 0 Å². The maximum Gasteiger partial charge on any atom is 0.224 e. The van der Waals surface area contributed by atoms with Crippen molar-refractivity contribution in [3.05, 3.63) is 0 Å². The van der Waals surface area contributed by atoms with Crippen LogP contribution in [-0.2, 0) is 4.79 Å². The Balaban J connectivity index is 1.73. The second kappa shape index (κ2) is 3.54. The predicted molar refractivity (Wildman–Crippen MR) is 55.9 cm³/mol. The molecule has 2 aliphatic rings. The van der Waals surface area contributed by atoms with Crippen LogP contribution >= 0.6 is 0 Å². The molecule has 0 bridgehead atoms. The van der Waals surface area contributed by atoms with Crippen LogP contribution in [0, 0.1) is 11.3 Å². The fourth-order valence-corrected chi connectivity index (χ4v) is 2.57. The molecule has 1 unspecified atom stereocenters. The lowest BCUT2D eigenvalue weighted by Crippen LogP contribution is -2.50. The van der Waals surface area contributed by atoms with Crippen LogP contribution < -0.4 is 10.6 Å². The predicted octanol–water partition coefficient (Wildman–Crippen LogP) is 0.901. The Kier molecular flexibility index (Phi) is 2.52. The molecule has 0 aromatic carbocycles. The van der Waals surface area contributed by atoms with E-state index in [0.717, 1.165) is 32.4 Å². The van der Waals surface area contributed by atoms with Gasteiger partial charge in [-0.3, -0.25) is 4.79 Å². The summed E-state index contributed by atoms with van der Waals surface area (Å²) in [5.74, 6) is 0.481. The molecule has 1 saturated heterocycles. The Labute approximate surface area is 85.6 Å². The summed E-state index contributed by atoms with van der Waals surface area (Å²) < 4.78 is 0. The van der Waals surface area contributed by atoms with Gasteiger partial charge < -0.3 is 10.6 Å². The van der Waals surface area contributed by atoms with Gasteiger partial charge in [-0.2, -0.15) is 0 Å². The van der Waals surface area contributed by atoms with E-state index in [1.54, 1.807) is 0 Å². The lowest BCUT2D eigenvalue weighted by molar-refractivity contribution is -0.126. The summed E-state index contributed by atoms with van der Waals surface area (Å²) in [5.41, 5.74) is 0.450. The van der Waals surface area contributed by atoms with Crippen molar-refractivity contribution in [1.29, 1.82) is 0 Å². The molecule has 80 valence electrons. The highest BCUT2D eigenvalue weighted by atomic mass is 16.2. The SMILES string of the molecule is CC1(C)CC(NC(=O)C2CCNC2)C1. The van der Waals surface area contributed by atoms with Crippen molar-refractivity contribution in [1.82, 2.24) is 10.6 Å². The first kappa shape index (κ1) is 9.97. The van der Waals surface area contributed by atoms with Gasteiger partial charge in [-0.15, -0.1) is 0 Å². The summed E-state index contributed by atoms with van der Waals surface area (Å²) >= 11 is 0. The van der Waals surface area contributed by atoms with Crippen LogP contribution in [0.15, 0.2) is 0 Å². The standard InChI is InChI=1S/C11H20N2O/c1-11(2)5-9(6-11)13-10(14)8-3-4-12-7-8/h8-9,12H,3-7H2,1-2H3,(H,13,14). The third-order valence-electron chi connectivity index (χ3n) is 3.38. The van der Waals surface area contributed by atoms with Crippen LogP contribution in [0.3, 0.4) is 0 Å². The summed E-state index contributed by atoms with van der Waals surface area (Å²) in [6.45, 7) is 6.37. The van der Waals surface area contributed by atoms with E-state index >= 15 is 0 Å². The van der Waals surface area contributed by atoms with Gasteiger partial charge in [0.25, 0.3) is 0 Å². The van der Waals surface area contributed by atoms with E-state index in [-0.39, 0.29) is 11.8 Å². The summed E-state index contributed by atoms with van der Waals surface area (Å²) in [6, 6.07) is 0.443. The fraction of sp³-hybridized carbons (Fsp3) is 0.909. The second-order valence-corrected chi connectivity index (χ2v) is 5.47. The van der Waals surface area contributed by atoms with Crippen molar-refractivity contribution < 1.29 is 4.79 Å². The number of carbonyl (C=O) groups excluding carboxylic acids is 1. The largest absolute Gasteiger partial charge is 0.353 e. The maximum absolute atomic E-state index is 11.7. The van der Waals surface area contributed by atoms with Gasteiger partial charge in [-0.25, -0.2) is 0 Å². The highest BCUT2D eigenvalue weighted by molar-refractivity contribution is 5.79. The van der Waals surface area contributed by atoms with Crippen LogP contribution in [0.2, 0.25) is 0 Å². The van der Waals surface area contributed by atoms with E-state index in [1.807, 2.05) is 0 Å². The number of hydrogen-bond donors (Lipinski definition) is 2. The molecule has 1 heterocycles. The molecular formula is C11H20N2O. The zero-order valence-electron chi connectivity index (χ0n) is 9.10. The van der Waals surface area contributed by atoms with E-state index in [0.29, 0.717) is 11.5 Å². The average Bonchev–Trinajstić information content (AvgIpc) is 2.51. The Bertz CT molecular complexity index is 223. The van der Waals surface area contributed by atoms with E-state index in [9.17, 15) is 4.79 Å². The van der Waals surface area contributed by atoms with Crippen LogP contribution in [0.25, 0.3) is 0 Å². The molecule has 3 heteroatoms. The zero-order valence-corrected chi connectivity index (χ0v) is 9.10. The van der Waals surface area contributed by atoms with Gasteiger partial charge in [0.05, 0.1) is 5.92 Å². The van der Waals surface area contributed by atoms with E-state index in [1.165, 1.54) is 0 Å². The van der Waals surface area contributed by atoms with Crippen LogP contribution in [0.1, 0.15) is 33.1 Å². The minimum atomic E-state index is 0.221. The Hall–Kier alpha value is -0.570. The molecule has 1 amide bonds. The van der Waals surface area contributed by atoms with Crippen molar-refractivity contribution >= 4 is 5.91 Å². The maximum atomic E-state index is 11.7. The van der Waals surface area contributed by atoms with Crippen LogP contribution in [0.5, 0.6) is 0 Å². The molecule has 0 aromatic heterocycles. The fourth-order valence-electron chi connectivity index (χ4n) is 2.57. The number of carbonyl (C=O) groups is 1. The molecule has 1 atom stereocenters.